The minimum atomic E-state index is -0.457. The van der Waals surface area contributed by atoms with Crippen LogP contribution in [0.2, 0.25) is 5.02 Å². The molecule has 0 amide bonds. The van der Waals surface area contributed by atoms with Crippen molar-refractivity contribution in [2.45, 2.75) is 13.3 Å². The fourth-order valence-corrected chi connectivity index (χ4v) is 1.82. The van der Waals surface area contributed by atoms with Gasteiger partial charge in [-0.3, -0.25) is 9.78 Å². The van der Waals surface area contributed by atoms with Crippen molar-refractivity contribution in [2.24, 2.45) is 0 Å². The smallest absolute Gasteiger partial charge is 0.167 e. The van der Waals surface area contributed by atoms with Crippen LogP contribution < -0.4 is 0 Å². The molecule has 2 aromatic rings. The maximum atomic E-state index is 13.6. The third-order valence-corrected chi connectivity index (χ3v) is 2.82. The number of carbonyl (C=O) groups excluding carboxylic acids is 1. The first-order valence-corrected chi connectivity index (χ1v) is 5.84. The van der Waals surface area contributed by atoms with Crippen LogP contribution in [-0.4, -0.2) is 10.8 Å². The predicted molar refractivity (Wildman–Crippen MR) is 68.4 cm³/mol. The molecule has 1 aromatic carbocycles. The first-order valence-electron chi connectivity index (χ1n) is 5.46. The molecule has 0 bridgehead atoms. The molecule has 0 N–H and O–H groups in total. The van der Waals surface area contributed by atoms with E-state index in [-0.39, 0.29) is 12.2 Å². The number of benzene rings is 1. The lowest BCUT2D eigenvalue weighted by atomic mass is 10.0. The quantitative estimate of drug-likeness (QED) is 0.792. The highest BCUT2D eigenvalue weighted by atomic mass is 35.5. The number of aryl methyl sites for hydroxylation is 1. The van der Waals surface area contributed by atoms with Crippen LogP contribution in [0.15, 0.2) is 36.5 Å². The third-order valence-electron chi connectivity index (χ3n) is 2.58. The summed E-state index contributed by atoms with van der Waals surface area (Å²) in [5, 5.41) is 0.323. The standard InChI is InChI=1S/C14H11ClFNO/c1-9-6-11(4-5-17-9)14(18)7-10-2-3-12(15)8-13(10)16/h2-6,8H,7H2,1H3. The molecule has 0 fully saturated rings. The number of halogens is 2. The molecule has 2 nitrogen and oxygen atoms in total. The molecule has 0 aliphatic rings. The van der Waals surface area contributed by atoms with Crippen LogP contribution in [0.25, 0.3) is 0 Å². The number of aromatic nitrogens is 1. The van der Waals surface area contributed by atoms with Crippen molar-refractivity contribution in [2.75, 3.05) is 0 Å². The van der Waals surface area contributed by atoms with Crippen molar-refractivity contribution in [1.82, 2.24) is 4.98 Å². The summed E-state index contributed by atoms with van der Waals surface area (Å²) >= 11 is 5.66. The minimum absolute atomic E-state index is 0.0203. The van der Waals surface area contributed by atoms with E-state index < -0.39 is 5.82 Å². The summed E-state index contributed by atoms with van der Waals surface area (Å²) in [4.78, 5) is 16.0. The van der Waals surface area contributed by atoms with Gasteiger partial charge in [-0.15, -0.1) is 0 Å². The van der Waals surface area contributed by atoms with Crippen LogP contribution in [-0.2, 0) is 6.42 Å². The molecule has 0 saturated carbocycles. The van der Waals surface area contributed by atoms with Gasteiger partial charge in [0, 0.05) is 28.9 Å². The van der Waals surface area contributed by atoms with Gasteiger partial charge in [-0.2, -0.15) is 0 Å². The molecule has 0 radical (unpaired) electrons. The highest BCUT2D eigenvalue weighted by Gasteiger charge is 2.11. The summed E-state index contributed by atoms with van der Waals surface area (Å²) in [6.07, 6.45) is 1.59. The second-order valence-electron chi connectivity index (χ2n) is 4.02. The largest absolute Gasteiger partial charge is 0.294 e. The second-order valence-corrected chi connectivity index (χ2v) is 4.46. The average molecular weight is 264 g/mol. The van der Waals surface area contributed by atoms with E-state index in [0.29, 0.717) is 16.1 Å². The summed E-state index contributed by atoms with van der Waals surface area (Å²) in [6.45, 7) is 1.81. The van der Waals surface area contributed by atoms with E-state index in [1.54, 1.807) is 31.3 Å². The Labute approximate surface area is 109 Å². The number of carbonyl (C=O) groups is 1. The maximum absolute atomic E-state index is 13.6. The lowest BCUT2D eigenvalue weighted by Crippen LogP contribution is -2.05. The summed E-state index contributed by atoms with van der Waals surface area (Å²) < 4.78 is 13.6. The summed E-state index contributed by atoms with van der Waals surface area (Å²) in [5.41, 5.74) is 1.65. The van der Waals surface area contributed by atoms with Crippen molar-refractivity contribution in [3.05, 3.63) is 64.2 Å². The number of Topliss-reactive ketones (excluding diaryl/α,β-unsaturated/α-hetero) is 1. The van der Waals surface area contributed by atoms with Crippen LogP contribution in [0.4, 0.5) is 4.39 Å². The van der Waals surface area contributed by atoms with E-state index in [2.05, 4.69) is 4.98 Å². The lowest BCUT2D eigenvalue weighted by Gasteiger charge is -2.04. The van der Waals surface area contributed by atoms with E-state index >= 15 is 0 Å². The van der Waals surface area contributed by atoms with E-state index in [9.17, 15) is 9.18 Å². The summed E-state index contributed by atoms with van der Waals surface area (Å²) in [7, 11) is 0. The Morgan fingerprint density at radius 2 is 2.11 bits per heavy atom. The predicted octanol–water partition coefficient (Wildman–Crippen LogP) is 3.61. The van der Waals surface area contributed by atoms with Gasteiger partial charge in [-0.1, -0.05) is 17.7 Å². The van der Waals surface area contributed by atoms with Gasteiger partial charge in [0.2, 0.25) is 0 Å². The van der Waals surface area contributed by atoms with Crippen LogP contribution in [0.5, 0.6) is 0 Å². The Morgan fingerprint density at radius 1 is 1.33 bits per heavy atom. The van der Waals surface area contributed by atoms with Crippen molar-refractivity contribution in [1.29, 1.82) is 0 Å². The SMILES string of the molecule is Cc1cc(C(=O)Cc2ccc(Cl)cc2F)ccn1. The summed E-state index contributed by atoms with van der Waals surface area (Å²) in [6, 6.07) is 7.63. The first-order chi connectivity index (χ1) is 8.56. The van der Waals surface area contributed by atoms with E-state index in [1.807, 2.05) is 0 Å². The Kier molecular flexibility index (Phi) is 3.72. The number of ketones is 1. The van der Waals surface area contributed by atoms with Gasteiger partial charge in [-0.25, -0.2) is 4.39 Å². The van der Waals surface area contributed by atoms with Gasteiger partial charge in [0.15, 0.2) is 5.78 Å². The Hall–Kier alpha value is -1.74. The number of rotatable bonds is 3. The van der Waals surface area contributed by atoms with E-state index in [4.69, 9.17) is 11.6 Å². The fourth-order valence-electron chi connectivity index (χ4n) is 1.66. The van der Waals surface area contributed by atoms with Gasteiger partial charge < -0.3 is 0 Å². The lowest BCUT2D eigenvalue weighted by molar-refractivity contribution is 0.0991. The highest BCUT2D eigenvalue weighted by molar-refractivity contribution is 6.30. The van der Waals surface area contributed by atoms with Crippen molar-refractivity contribution < 1.29 is 9.18 Å². The van der Waals surface area contributed by atoms with Crippen LogP contribution in [0, 0.1) is 12.7 Å². The second kappa shape index (κ2) is 5.27. The molecule has 92 valence electrons. The van der Waals surface area contributed by atoms with Gasteiger partial charge in [-0.05, 0) is 36.8 Å². The van der Waals surface area contributed by atoms with Gasteiger partial charge in [0.05, 0.1) is 0 Å². The molecule has 2 rings (SSSR count). The molecular formula is C14H11ClFNO. The molecule has 1 aromatic heterocycles. The zero-order valence-electron chi connectivity index (χ0n) is 9.78. The van der Waals surface area contributed by atoms with Crippen LogP contribution in [0.1, 0.15) is 21.6 Å². The minimum Gasteiger partial charge on any atom is -0.294 e. The Morgan fingerprint density at radius 3 is 2.78 bits per heavy atom. The highest BCUT2D eigenvalue weighted by Crippen LogP contribution is 2.16. The third kappa shape index (κ3) is 2.93. The number of pyridine rings is 1. The molecule has 0 aliphatic heterocycles. The van der Waals surface area contributed by atoms with Gasteiger partial charge >= 0.3 is 0 Å². The van der Waals surface area contributed by atoms with Crippen molar-refractivity contribution in [3.8, 4) is 0 Å². The van der Waals surface area contributed by atoms with Crippen molar-refractivity contribution in [3.63, 3.8) is 0 Å². The first kappa shape index (κ1) is 12.7. The van der Waals surface area contributed by atoms with E-state index in [1.165, 1.54) is 12.1 Å². The molecule has 4 heteroatoms. The average Bonchev–Trinajstić information content (AvgIpc) is 2.32. The zero-order chi connectivity index (χ0) is 13.1. The number of hydrogen-bond acceptors (Lipinski definition) is 2. The fraction of sp³-hybridized carbons (Fsp3) is 0.143. The molecular weight excluding hydrogens is 253 g/mol. The van der Waals surface area contributed by atoms with Gasteiger partial charge in [0.1, 0.15) is 5.82 Å². The summed E-state index contributed by atoms with van der Waals surface area (Å²) in [5.74, 6) is -0.594. The zero-order valence-corrected chi connectivity index (χ0v) is 10.5. The van der Waals surface area contributed by atoms with Crippen molar-refractivity contribution >= 4 is 17.4 Å². The normalized spacial score (nSPS) is 10.4. The van der Waals surface area contributed by atoms with E-state index in [0.717, 1.165) is 5.69 Å². The van der Waals surface area contributed by atoms with Crippen LogP contribution >= 0.6 is 11.6 Å². The number of hydrogen-bond donors (Lipinski definition) is 0. The van der Waals surface area contributed by atoms with Gasteiger partial charge in [0.25, 0.3) is 0 Å². The molecule has 0 saturated heterocycles. The topological polar surface area (TPSA) is 30.0 Å². The maximum Gasteiger partial charge on any atom is 0.167 e. The Balaban J connectivity index is 2.21. The Bertz CT molecular complexity index is 598. The van der Waals surface area contributed by atoms with Crippen LogP contribution in [0.3, 0.4) is 0 Å². The monoisotopic (exact) mass is 263 g/mol. The molecule has 0 atom stereocenters. The molecule has 0 spiro atoms. The molecule has 1 heterocycles. The number of nitrogens with zero attached hydrogens (tertiary/aromatic N) is 1. The molecule has 0 unspecified atom stereocenters. The molecule has 18 heavy (non-hydrogen) atoms. The molecule has 0 aliphatic carbocycles.